The number of aromatic nitrogens is 2. The van der Waals surface area contributed by atoms with Crippen LogP contribution in [-0.4, -0.2) is 57.8 Å². The highest BCUT2D eigenvalue weighted by Crippen LogP contribution is 2.47. The monoisotopic (exact) mass is 466 g/mol. The summed E-state index contributed by atoms with van der Waals surface area (Å²) in [6.45, 7) is -0.341. The molecule has 2 heterocycles. The number of hydrogen-bond donors (Lipinski definition) is 4. The average molecular weight is 466 g/mol. The van der Waals surface area contributed by atoms with E-state index in [0.29, 0.717) is 25.7 Å². The molecular weight excluding hydrogens is 438 g/mol. The van der Waals surface area contributed by atoms with Crippen LogP contribution in [0.3, 0.4) is 0 Å². The summed E-state index contributed by atoms with van der Waals surface area (Å²) in [5.74, 6) is -1.97. The van der Waals surface area contributed by atoms with E-state index < -0.39 is 46.5 Å². The smallest absolute Gasteiger partial charge is 0.329 e. The van der Waals surface area contributed by atoms with Gasteiger partial charge in [-0.15, -0.1) is 0 Å². The second kappa shape index (κ2) is 7.69. The molecule has 1 aromatic heterocycles. The van der Waals surface area contributed by atoms with E-state index in [-0.39, 0.29) is 41.5 Å². The maximum atomic E-state index is 15.6. The third-order valence-electron chi connectivity index (χ3n) is 7.44. The number of hydrogen-bond acceptors (Lipinski definition) is 7. The van der Waals surface area contributed by atoms with Crippen LogP contribution in [0.2, 0.25) is 0 Å². The van der Waals surface area contributed by atoms with Crippen LogP contribution >= 0.6 is 0 Å². The minimum Gasteiger partial charge on any atom is -0.492 e. The summed E-state index contributed by atoms with van der Waals surface area (Å²) in [7, 11) is 1.29. The molecule has 0 bridgehead atoms. The Hall–Kier alpha value is -2.66. The van der Waals surface area contributed by atoms with E-state index in [2.05, 4.69) is 4.98 Å². The van der Waals surface area contributed by atoms with Gasteiger partial charge in [0.1, 0.15) is 17.4 Å². The molecule has 3 atom stereocenters. The van der Waals surface area contributed by atoms with Crippen LogP contribution < -0.4 is 26.6 Å². The first-order chi connectivity index (χ1) is 15.7. The summed E-state index contributed by atoms with van der Waals surface area (Å²) in [4.78, 5) is 28.7. The Morgan fingerprint density at radius 1 is 1.24 bits per heavy atom. The van der Waals surface area contributed by atoms with Crippen molar-refractivity contribution in [2.45, 2.75) is 62.4 Å². The summed E-state index contributed by atoms with van der Waals surface area (Å²) < 4.78 is 37.5. The molecule has 3 fully saturated rings. The summed E-state index contributed by atoms with van der Waals surface area (Å²) in [5, 5.41) is 21.4. The summed E-state index contributed by atoms with van der Waals surface area (Å²) in [6.07, 6.45) is 0.841. The number of fused-ring (bicyclic) bond motifs is 1. The van der Waals surface area contributed by atoms with Crippen LogP contribution in [0.25, 0.3) is 10.9 Å². The first kappa shape index (κ1) is 22.1. The standard InChI is InChI=1S/C22H28F2N4O5/c1-33-18-16-13(20(30)26-21(31)28(16)10-4-5-10)15(25)14(24)17(18)27-8-11(12(23)9-27)19(29)22(32)6-2-3-7-22/h10-12,19,29,32H,2-9,25H2,1H3,(H,26,30,31). The van der Waals surface area contributed by atoms with Gasteiger partial charge in [-0.2, -0.15) is 0 Å². The molecule has 2 saturated carbocycles. The van der Waals surface area contributed by atoms with Gasteiger partial charge in [0.15, 0.2) is 11.6 Å². The molecule has 5 rings (SSSR count). The summed E-state index contributed by atoms with van der Waals surface area (Å²) in [6, 6.07) is -0.179. The topological polar surface area (TPSA) is 134 Å². The first-order valence-electron chi connectivity index (χ1n) is 11.3. The fourth-order valence-electron chi connectivity index (χ4n) is 5.58. The minimum absolute atomic E-state index is 0.0753. The molecular formula is C22H28F2N4O5. The Bertz CT molecular complexity index is 1220. The van der Waals surface area contributed by atoms with Crippen molar-refractivity contribution < 1.29 is 23.7 Å². The normalized spacial score (nSPS) is 25.7. The largest absolute Gasteiger partial charge is 0.492 e. The van der Waals surface area contributed by atoms with Gasteiger partial charge in [0.05, 0.1) is 29.9 Å². The molecule has 180 valence electrons. The number of anilines is 2. The SMILES string of the molecule is COc1c(N2CC(F)C(C(O)C3(O)CCCC3)C2)c(F)c(N)c2c(=O)[nH]c(=O)n(C3CC3)c12. The van der Waals surface area contributed by atoms with Gasteiger partial charge in [-0.25, -0.2) is 13.6 Å². The van der Waals surface area contributed by atoms with E-state index in [1.54, 1.807) is 0 Å². The van der Waals surface area contributed by atoms with Gasteiger partial charge in [0, 0.05) is 25.0 Å². The van der Waals surface area contributed by atoms with Crippen molar-refractivity contribution in [1.29, 1.82) is 0 Å². The second-order valence-corrected chi connectivity index (χ2v) is 9.53. The summed E-state index contributed by atoms with van der Waals surface area (Å²) >= 11 is 0. The van der Waals surface area contributed by atoms with Gasteiger partial charge in [-0.05, 0) is 25.7 Å². The number of methoxy groups -OCH3 is 1. The zero-order chi connectivity index (χ0) is 23.7. The molecule has 11 heteroatoms. The highest BCUT2D eigenvalue weighted by molar-refractivity contribution is 5.99. The van der Waals surface area contributed by atoms with Gasteiger partial charge < -0.3 is 25.6 Å². The van der Waals surface area contributed by atoms with Crippen molar-refractivity contribution in [1.82, 2.24) is 9.55 Å². The number of nitrogens with two attached hydrogens (primary N) is 1. The Morgan fingerprint density at radius 2 is 1.91 bits per heavy atom. The van der Waals surface area contributed by atoms with E-state index >= 15 is 8.78 Å². The molecule has 0 amide bonds. The van der Waals surface area contributed by atoms with Crippen LogP contribution in [0.5, 0.6) is 5.75 Å². The Balaban J connectivity index is 1.65. The number of nitrogens with zero attached hydrogens (tertiary/aromatic N) is 2. The fourth-order valence-corrected chi connectivity index (χ4v) is 5.58. The lowest BCUT2D eigenvalue weighted by Crippen LogP contribution is -2.47. The Kier molecular flexibility index (Phi) is 5.16. The number of nitrogens with one attached hydrogen (secondary N) is 1. The number of ether oxygens (including phenoxy) is 1. The highest BCUT2D eigenvalue weighted by Gasteiger charge is 2.49. The number of aromatic amines is 1. The van der Waals surface area contributed by atoms with E-state index in [1.807, 2.05) is 0 Å². The van der Waals surface area contributed by atoms with Crippen molar-refractivity contribution in [2.75, 3.05) is 30.8 Å². The average Bonchev–Trinajstić information content (AvgIpc) is 3.38. The van der Waals surface area contributed by atoms with Gasteiger partial charge in [0.2, 0.25) is 0 Å². The third kappa shape index (κ3) is 3.31. The highest BCUT2D eigenvalue weighted by atomic mass is 19.1. The van der Waals surface area contributed by atoms with Crippen LogP contribution in [0.4, 0.5) is 20.2 Å². The number of benzene rings is 1. The molecule has 5 N–H and O–H groups in total. The number of nitrogen functional groups attached to an aromatic ring is 1. The zero-order valence-electron chi connectivity index (χ0n) is 18.3. The van der Waals surface area contributed by atoms with E-state index in [9.17, 15) is 19.8 Å². The predicted molar refractivity (Wildman–Crippen MR) is 118 cm³/mol. The van der Waals surface area contributed by atoms with Crippen LogP contribution in [-0.2, 0) is 0 Å². The molecule has 9 nitrogen and oxygen atoms in total. The second-order valence-electron chi connectivity index (χ2n) is 9.53. The number of aliphatic hydroxyl groups is 2. The molecule has 33 heavy (non-hydrogen) atoms. The van der Waals surface area contributed by atoms with Crippen molar-refractivity contribution in [3.8, 4) is 5.75 Å². The number of H-pyrrole nitrogens is 1. The van der Waals surface area contributed by atoms with Crippen molar-refractivity contribution in [3.05, 3.63) is 26.7 Å². The molecule has 3 aliphatic rings. The lowest BCUT2D eigenvalue weighted by molar-refractivity contribution is -0.102. The quantitative estimate of drug-likeness (QED) is 0.487. The van der Waals surface area contributed by atoms with E-state index in [1.165, 1.54) is 16.6 Å². The van der Waals surface area contributed by atoms with E-state index in [0.717, 1.165) is 12.8 Å². The van der Waals surface area contributed by atoms with Crippen LogP contribution in [0.15, 0.2) is 9.59 Å². The zero-order valence-corrected chi connectivity index (χ0v) is 18.3. The maximum absolute atomic E-state index is 15.6. The lowest BCUT2D eigenvalue weighted by Gasteiger charge is -2.33. The Morgan fingerprint density at radius 3 is 2.52 bits per heavy atom. The molecule has 2 aromatic rings. The number of alkyl halides is 1. The van der Waals surface area contributed by atoms with Crippen molar-refractivity contribution in [2.24, 2.45) is 5.92 Å². The minimum atomic E-state index is -1.53. The van der Waals surface area contributed by atoms with Gasteiger partial charge in [-0.1, -0.05) is 12.8 Å². The molecule has 1 aliphatic heterocycles. The van der Waals surface area contributed by atoms with Gasteiger partial charge >= 0.3 is 5.69 Å². The first-order valence-corrected chi connectivity index (χ1v) is 11.3. The third-order valence-corrected chi connectivity index (χ3v) is 7.44. The molecule has 3 unspecified atom stereocenters. The lowest BCUT2D eigenvalue weighted by atomic mass is 9.84. The summed E-state index contributed by atoms with van der Waals surface area (Å²) in [5.41, 5.74) is 2.66. The van der Waals surface area contributed by atoms with E-state index in [4.69, 9.17) is 10.5 Å². The molecule has 2 aliphatic carbocycles. The van der Waals surface area contributed by atoms with Crippen LogP contribution in [0.1, 0.15) is 44.6 Å². The maximum Gasteiger partial charge on any atom is 0.329 e. The number of halogens is 2. The van der Waals surface area contributed by atoms with Crippen LogP contribution in [0, 0.1) is 11.7 Å². The predicted octanol–water partition coefficient (Wildman–Crippen LogP) is 1.19. The van der Waals surface area contributed by atoms with Crippen molar-refractivity contribution in [3.63, 3.8) is 0 Å². The van der Waals surface area contributed by atoms with Gasteiger partial charge in [-0.3, -0.25) is 14.3 Å². The van der Waals surface area contributed by atoms with Gasteiger partial charge in [0.25, 0.3) is 5.56 Å². The molecule has 1 aromatic carbocycles. The molecule has 0 spiro atoms. The Labute approximate surface area is 187 Å². The number of aliphatic hydroxyl groups excluding tert-OH is 1. The fraction of sp³-hybridized carbons (Fsp3) is 0.636. The molecule has 1 saturated heterocycles. The van der Waals surface area contributed by atoms with Crippen molar-refractivity contribution >= 4 is 22.3 Å². The number of rotatable bonds is 5. The molecule has 0 radical (unpaired) electrons.